The molecule has 1 atom stereocenters. The highest BCUT2D eigenvalue weighted by Crippen LogP contribution is 2.37. The topological polar surface area (TPSA) is 20.3 Å². The summed E-state index contributed by atoms with van der Waals surface area (Å²) in [4.78, 5) is 12.8. The van der Waals surface area contributed by atoms with Crippen LogP contribution in [0.15, 0.2) is 36.4 Å². The lowest BCUT2D eigenvalue weighted by Gasteiger charge is -2.33. The fourth-order valence-corrected chi connectivity index (χ4v) is 4.25. The minimum atomic E-state index is 0.301. The lowest BCUT2D eigenvalue weighted by molar-refractivity contribution is 0.294. The molecule has 3 rings (SSSR count). The van der Waals surface area contributed by atoms with Crippen molar-refractivity contribution in [2.75, 3.05) is 13.6 Å². The Hall–Kier alpha value is -1.13. The third-order valence-corrected chi connectivity index (χ3v) is 5.24. The van der Waals surface area contributed by atoms with Crippen molar-refractivity contribution >= 4 is 46.2 Å². The average molecular weight is 424 g/mol. The molecule has 0 saturated heterocycles. The second-order valence-electron chi connectivity index (χ2n) is 5.63. The van der Waals surface area contributed by atoms with Gasteiger partial charge >= 0.3 is 0 Å². The van der Waals surface area contributed by atoms with E-state index in [0.717, 1.165) is 23.7 Å². The fourth-order valence-electron chi connectivity index (χ4n) is 3.02. The smallest absolute Gasteiger partial charge is 0.125 e. The molecule has 4 heteroatoms. The average Bonchev–Trinajstić information content (AvgIpc) is 2.49. The van der Waals surface area contributed by atoms with Crippen LogP contribution in [0.25, 0.3) is 6.08 Å². The summed E-state index contributed by atoms with van der Waals surface area (Å²) in [5.74, 6) is 2.12. The monoisotopic (exact) mass is 423 g/mol. The molecular formula is C18H15ClINO. The first kappa shape index (κ1) is 15.8. The van der Waals surface area contributed by atoms with Gasteiger partial charge in [0.2, 0.25) is 0 Å². The highest BCUT2D eigenvalue weighted by molar-refractivity contribution is 14.1. The molecule has 0 saturated carbocycles. The second kappa shape index (κ2) is 6.55. The summed E-state index contributed by atoms with van der Waals surface area (Å²) < 4.78 is 1.22. The Morgan fingerprint density at radius 1 is 1.32 bits per heavy atom. The molecular weight excluding hydrogens is 409 g/mol. The Kier molecular flexibility index (Phi) is 4.69. The number of hydrogen-bond donors (Lipinski definition) is 0. The molecule has 0 spiro atoms. The standard InChI is InChI=1S/C18H15ClINO/c1-21-10-16(13-4-2-12(3-5-13)6-7-22)15-8-14(19)9-18(20)17(15)11-21/h2-6,8-9,16H,10-11H2,1H3. The Labute approximate surface area is 148 Å². The Morgan fingerprint density at radius 3 is 2.73 bits per heavy atom. The third kappa shape index (κ3) is 3.13. The van der Waals surface area contributed by atoms with Crippen molar-refractivity contribution in [3.63, 3.8) is 0 Å². The lowest BCUT2D eigenvalue weighted by atomic mass is 9.84. The fraction of sp³-hybridized carbons (Fsp3) is 0.222. The van der Waals surface area contributed by atoms with Gasteiger partial charge in [0.1, 0.15) is 5.94 Å². The molecule has 2 aromatic carbocycles. The molecule has 0 N–H and O–H groups in total. The van der Waals surface area contributed by atoms with Gasteiger partial charge in [-0.2, -0.15) is 0 Å². The molecule has 22 heavy (non-hydrogen) atoms. The highest BCUT2D eigenvalue weighted by atomic mass is 127. The van der Waals surface area contributed by atoms with Gasteiger partial charge in [-0.15, -0.1) is 0 Å². The predicted octanol–water partition coefficient (Wildman–Crippen LogP) is 4.37. The number of benzene rings is 2. The van der Waals surface area contributed by atoms with Gasteiger partial charge in [0.25, 0.3) is 0 Å². The van der Waals surface area contributed by atoms with E-state index in [2.05, 4.69) is 52.7 Å². The number of likely N-dealkylation sites (N-methyl/N-ethyl adjacent to an activating group) is 1. The van der Waals surface area contributed by atoms with E-state index >= 15 is 0 Å². The molecule has 112 valence electrons. The molecule has 1 aliphatic rings. The van der Waals surface area contributed by atoms with E-state index in [1.807, 2.05) is 24.1 Å². The summed E-state index contributed by atoms with van der Waals surface area (Å²) in [6.45, 7) is 1.92. The molecule has 0 radical (unpaired) electrons. The van der Waals surface area contributed by atoms with Crippen molar-refractivity contribution < 1.29 is 4.79 Å². The maximum Gasteiger partial charge on any atom is 0.125 e. The first-order valence-corrected chi connectivity index (χ1v) is 8.51. The van der Waals surface area contributed by atoms with Crippen molar-refractivity contribution in [1.29, 1.82) is 0 Å². The number of hydrogen-bond acceptors (Lipinski definition) is 2. The number of rotatable bonds is 2. The maximum absolute atomic E-state index is 10.4. The molecule has 2 nitrogen and oxygen atoms in total. The van der Waals surface area contributed by atoms with Crippen molar-refractivity contribution in [3.05, 3.63) is 67.2 Å². The zero-order chi connectivity index (χ0) is 15.7. The Morgan fingerprint density at radius 2 is 2.05 bits per heavy atom. The molecule has 2 aromatic rings. The number of fused-ring (bicyclic) bond motifs is 1. The van der Waals surface area contributed by atoms with Crippen LogP contribution in [0.4, 0.5) is 0 Å². The van der Waals surface area contributed by atoms with Crippen LogP contribution in [0, 0.1) is 3.57 Å². The first-order valence-electron chi connectivity index (χ1n) is 7.05. The van der Waals surface area contributed by atoms with Crippen LogP contribution in [-0.4, -0.2) is 24.4 Å². The lowest BCUT2D eigenvalue weighted by Crippen LogP contribution is -2.31. The van der Waals surface area contributed by atoms with E-state index in [1.165, 1.54) is 26.3 Å². The molecule has 0 amide bonds. The maximum atomic E-state index is 10.4. The van der Waals surface area contributed by atoms with Gasteiger partial charge < -0.3 is 4.90 Å². The van der Waals surface area contributed by atoms with E-state index in [0.29, 0.717) is 5.92 Å². The van der Waals surface area contributed by atoms with Crippen molar-refractivity contribution in [2.24, 2.45) is 0 Å². The van der Waals surface area contributed by atoms with Gasteiger partial charge in [0.15, 0.2) is 0 Å². The van der Waals surface area contributed by atoms with Crippen molar-refractivity contribution in [1.82, 2.24) is 4.90 Å². The van der Waals surface area contributed by atoms with Crippen LogP contribution in [0.2, 0.25) is 5.02 Å². The van der Waals surface area contributed by atoms with Crippen molar-refractivity contribution in [3.8, 4) is 0 Å². The van der Waals surface area contributed by atoms with E-state index in [-0.39, 0.29) is 0 Å². The van der Waals surface area contributed by atoms with Gasteiger partial charge in [-0.05, 0) is 64.0 Å². The Bertz CT molecular complexity index is 750. The minimum absolute atomic E-state index is 0.301. The first-order chi connectivity index (χ1) is 10.6. The van der Waals surface area contributed by atoms with E-state index in [9.17, 15) is 4.79 Å². The molecule has 0 fully saturated rings. The summed E-state index contributed by atoms with van der Waals surface area (Å²) in [5, 5.41) is 0.790. The van der Waals surface area contributed by atoms with Crippen LogP contribution in [0.3, 0.4) is 0 Å². The molecule has 0 aromatic heterocycles. The van der Waals surface area contributed by atoms with Gasteiger partial charge in [-0.1, -0.05) is 35.9 Å². The Balaban J connectivity index is 2.06. The summed E-state index contributed by atoms with van der Waals surface area (Å²) in [7, 11) is 2.14. The number of halogens is 2. The largest absolute Gasteiger partial charge is 0.301 e. The van der Waals surface area contributed by atoms with E-state index < -0.39 is 0 Å². The molecule has 1 unspecified atom stereocenters. The predicted molar refractivity (Wildman–Crippen MR) is 98.9 cm³/mol. The summed E-state index contributed by atoms with van der Waals surface area (Å²) in [6.07, 6.45) is 1.45. The van der Waals surface area contributed by atoms with Gasteiger partial charge in [-0.25, -0.2) is 4.79 Å². The molecule has 0 aliphatic carbocycles. The summed E-state index contributed by atoms with van der Waals surface area (Å²) >= 11 is 8.64. The molecule has 1 aliphatic heterocycles. The zero-order valence-electron chi connectivity index (χ0n) is 12.1. The van der Waals surface area contributed by atoms with E-state index in [4.69, 9.17) is 11.6 Å². The van der Waals surface area contributed by atoms with E-state index in [1.54, 1.807) is 0 Å². The third-order valence-electron chi connectivity index (χ3n) is 4.06. The SMILES string of the molecule is CN1Cc2c(I)cc(Cl)cc2C(c2ccc(C=C=O)cc2)C1. The molecule has 0 bridgehead atoms. The van der Waals surface area contributed by atoms with Gasteiger partial charge in [-0.3, -0.25) is 0 Å². The van der Waals surface area contributed by atoms with Gasteiger partial charge in [0, 0.05) is 33.7 Å². The quantitative estimate of drug-likeness (QED) is 0.528. The second-order valence-corrected chi connectivity index (χ2v) is 7.23. The number of carbonyl (C=O) groups excluding carboxylic acids is 1. The van der Waals surface area contributed by atoms with Crippen LogP contribution < -0.4 is 0 Å². The normalized spacial score (nSPS) is 17.7. The van der Waals surface area contributed by atoms with Crippen LogP contribution in [0.5, 0.6) is 0 Å². The highest BCUT2D eigenvalue weighted by Gasteiger charge is 2.26. The van der Waals surface area contributed by atoms with Crippen LogP contribution in [-0.2, 0) is 11.3 Å². The minimum Gasteiger partial charge on any atom is -0.301 e. The van der Waals surface area contributed by atoms with Gasteiger partial charge in [0.05, 0.1) is 0 Å². The zero-order valence-corrected chi connectivity index (χ0v) is 15.1. The summed E-state index contributed by atoms with van der Waals surface area (Å²) in [6, 6.07) is 12.2. The molecule has 1 heterocycles. The van der Waals surface area contributed by atoms with Crippen LogP contribution in [0.1, 0.15) is 28.2 Å². The number of nitrogens with zero attached hydrogens (tertiary/aromatic N) is 1. The van der Waals surface area contributed by atoms with Crippen molar-refractivity contribution in [2.45, 2.75) is 12.5 Å². The summed E-state index contributed by atoms with van der Waals surface area (Å²) in [5.41, 5.74) is 4.80. The van der Waals surface area contributed by atoms with Crippen LogP contribution >= 0.6 is 34.2 Å².